The Morgan fingerprint density at radius 2 is 1.74 bits per heavy atom. The summed E-state index contributed by atoms with van der Waals surface area (Å²) >= 11 is 1.51. The van der Waals surface area contributed by atoms with E-state index in [-0.39, 0.29) is 6.61 Å². The molecule has 1 heterocycles. The number of carbonyl (C=O) groups is 2. The van der Waals surface area contributed by atoms with Crippen LogP contribution in [0.2, 0.25) is 0 Å². The van der Waals surface area contributed by atoms with Gasteiger partial charge >= 0.3 is 5.97 Å². The SMILES string of the molecule is O=C(COC(=O)/C=C/c1cccs1)Nc1ccccc1Oc1ccccc1. The molecule has 0 aliphatic carbocycles. The third-order valence-electron chi connectivity index (χ3n) is 3.40. The molecule has 136 valence electrons. The van der Waals surface area contributed by atoms with Gasteiger partial charge in [0.1, 0.15) is 5.75 Å². The minimum Gasteiger partial charge on any atom is -0.455 e. The normalized spacial score (nSPS) is 10.5. The zero-order valence-electron chi connectivity index (χ0n) is 14.3. The van der Waals surface area contributed by atoms with Gasteiger partial charge in [0.15, 0.2) is 12.4 Å². The Balaban J connectivity index is 1.54. The molecule has 3 aromatic rings. The number of hydrogen-bond donors (Lipinski definition) is 1. The van der Waals surface area contributed by atoms with Crippen molar-refractivity contribution in [3.8, 4) is 11.5 Å². The highest BCUT2D eigenvalue weighted by molar-refractivity contribution is 7.10. The smallest absolute Gasteiger partial charge is 0.331 e. The van der Waals surface area contributed by atoms with Gasteiger partial charge in [-0.05, 0) is 41.8 Å². The molecule has 0 saturated heterocycles. The first-order valence-electron chi connectivity index (χ1n) is 8.21. The highest BCUT2D eigenvalue weighted by Crippen LogP contribution is 2.28. The minimum absolute atomic E-state index is 0.382. The second-order valence-electron chi connectivity index (χ2n) is 5.42. The Kier molecular flexibility index (Phi) is 6.38. The average Bonchev–Trinajstić information content (AvgIpc) is 3.21. The first kappa shape index (κ1) is 18.4. The summed E-state index contributed by atoms with van der Waals surface area (Å²) in [5, 5.41) is 4.60. The molecular weight excluding hydrogens is 362 g/mol. The molecule has 0 fully saturated rings. The predicted molar refractivity (Wildman–Crippen MR) is 106 cm³/mol. The van der Waals surface area contributed by atoms with Gasteiger partial charge in [-0.3, -0.25) is 4.79 Å². The highest BCUT2D eigenvalue weighted by Gasteiger charge is 2.10. The van der Waals surface area contributed by atoms with Crippen LogP contribution in [0.15, 0.2) is 78.2 Å². The molecule has 1 N–H and O–H groups in total. The van der Waals surface area contributed by atoms with E-state index < -0.39 is 11.9 Å². The van der Waals surface area contributed by atoms with E-state index in [1.165, 1.54) is 17.4 Å². The Morgan fingerprint density at radius 3 is 2.52 bits per heavy atom. The van der Waals surface area contributed by atoms with Gasteiger partial charge in [-0.15, -0.1) is 11.3 Å². The minimum atomic E-state index is -0.577. The third-order valence-corrected chi connectivity index (χ3v) is 4.24. The van der Waals surface area contributed by atoms with Crippen LogP contribution in [0.3, 0.4) is 0 Å². The lowest BCUT2D eigenvalue weighted by atomic mass is 10.3. The number of nitrogens with one attached hydrogen (secondary N) is 1. The highest BCUT2D eigenvalue weighted by atomic mass is 32.1. The lowest BCUT2D eigenvalue weighted by molar-refractivity contribution is -0.142. The molecule has 0 radical (unpaired) electrons. The summed E-state index contributed by atoms with van der Waals surface area (Å²) in [4.78, 5) is 24.7. The van der Waals surface area contributed by atoms with Gasteiger partial charge in [-0.25, -0.2) is 4.79 Å². The van der Waals surface area contributed by atoms with Crippen molar-refractivity contribution in [1.82, 2.24) is 0 Å². The molecule has 0 saturated carbocycles. The van der Waals surface area contributed by atoms with Gasteiger partial charge in [0, 0.05) is 11.0 Å². The maximum absolute atomic E-state index is 12.1. The summed E-state index contributed by atoms with van der Waals surface area (Å²) < 4.78 is 10.7. The number of rotatable bonds is 7. The molecule has 3 rings (SSSR count). The first-order valence-corrected chi connectivity index (χ1v) is 9.09. The molecule has 1 amide bonds. The Hall–Kier alpha value is -3.38. The van der Waals surface area contributed by atoms with Crippen molar-refractivity contribution in [1.29, 1.82) is 0 Å². The molecule has 0 aliphatic heterocycles. The quantitative estimate of drug-likeness (QED) is 0.476. The molecular formula is C21H17NO4S. The van der Waals surface area contributed by atoms with Crippen molar-refractivity contribution in [2.24, 2.45) is 0 Å². The second-order valence-corrected chi connectivity index (χ2v) is 6.40. The largest absolute Gasteiger partial charge is 0.455 e. The van der Waals surface area contributed by atoms with E-state index in [1.54, 1.807) is 24.3 Å². The molecule has 0 unspecified atom stereocenters. The maximum Gasteiger partial charge on any atom is 0.331 e. The number of amides is 1. The van der Waals surface area contributed by atoms with E-state index in [0.717, 1.165) is 4.88 Å². The number of para-hydroxylation sites is 3. The summed E-state index contributed by atoms with van der Waals surface area (Å²) in [5.41, 5.74) is 0.497. The number of ether oxygens (including phenoxy) is 2. The van der Waals surface area contributed by atoms with Crippen molar-refractivity contribution >= 4 is 35.0 Å². The summed E-state index contributed by atoms with van der Waals surface area (Å²) in [6, 6.07) is 20.1. The Morgan fingerprint density at radius 1 is 0.963 bits per heavy atom. The van der Waals surface area contributed by atoms with Gasteiger partial charge in [0.05, 0.1) is 5.69 Å². The summed E-state index contributed by atoms with van der Waals surface area (Å²) in [6.45, 7) is -0.382. The average molecular weight is 379 g/mol. The molecule has 5 nitrogen and oxygen atoms in total. The Labute approximate surface area is 160 Å². The fraction of sp³-hybridized carbons (Fsp3) is 0.0476. The number of thiophene rings is 1. The van der Waals surface area contributed by atoms with Gasteiger partial charge < -0.3 is 14.8 Å². The lowest BCUT2D eigenvalue weighted by Crippen LogP contribution is -2.20. The van der Waals surface area contributed by atoms with Crippen LogP contribution in [-0.4, -0.2) is 18.5 Å². The fourth-order valence-corrected chi connectivity index (χ4v) is 2.80. The number of anilines is 1. The van der Waals surface area contributed by atoms with Crippen molar-refractivity contribution in [2.45, 2.75) is 0 Å². The number of esters is 1. The molecule has 2 aromatic carbocycles. The summed E-state index contributed by atoms with van der Waals surface area (Å²) in [6.07, 6.45) is 2.94. The van der Waals surface area contributed by atoms with Crippen LogP contribution in [0.5, 0.6) is 11.5 Å². The van der Waals surface area contributed by atoms with Gasteiger partial charge in [0.2, 0.25) is 0 Å². The number of benzene rings is 2. The summed E-state index contributed by atoms with van der Waals surface area (Å²) in [5.74, 6) is 0.134. The van der Waals surface area contributed by atoms with E-state index in [0.29, 0.717) is 17.2 Å². The van der Waals surface area contributed by atoms with E-state index >= 15 is 0 Å². The van der Waals surface area contributed by atoms with E-state index in [1.807, 2.05) is 53.9 Å². The first-order chi connectivity index (χ1) is 13.2. The van der Waals surface area contributed by atoms with E-state index in [2.05, 4.69) is 5.32 Å². The Bertz CT molecular complexity index is 920. The summed E-state index contributed by atoms with van der Waals surface area (Å²) in [7, 11) is 0. The van der Waals surface area contributed by atoms with Crippen molar-refractivity contribution in [3.63, 3.8) is 0 Å². The topological polar surface area (TPSA) is 64.6 Å². The number of carbonyl (C=O) groups excluding carboxylic acids is 2. The zero-order chi connectivity index (χ0) is 18.9. The van der Waals surface area contributed by atoms with E-state index in [9.17, 15) is 9.59 Å². The third kappa shape index (κ3) is 5.83. The molecule has 1 aromatic heterocycles. The van der Waals surface area contributed by atoms with Crippen LogP contribution in [0, 0.1) is 0 Å². The second kappa shape index (κ2) is 9.35. The van der Waals surface area contributed by atoms with Crippen molar-refractivity contribution in [2.75, 3.05) is 11.9 Å². The van der Waals surface area contributed by atoms with Gasteiger partial charge in [-0.2, -0.15) is 0 Å². The molecule has 6 heteroatoms. The molecule has 0 aliphatic rings. The van der Waals surface area contributed by atoms with Crippen LogP contribution in [0.1, 0.15) is 4.88 Å². The fourth-order valence-electron chi connectivity index (χ4n) is 2.18. The van der Waals surface area contributed by atoms with Crippen molar-refractivity contribution in [3.05, 3.63) is 83.1 Å². The molecule has 0 spiro atoms. The van der Waals surface area contributed by atoms with Crippen LogP contribution < -0.4 is 10.1 Å². The monoisotopic (exact) mass is 379 g/mol. The van der Waals surface area contributed by atoms with E-state index in [4.69, 9.17) is 9.47 Å². The number of hydrogen-bond acceptors (Lipinski definition) is 5. The molecule has 0 bridgehead atoms. The van der Waals surface area contributed by atoms with Gasteiger partial charge in [-0.1, -0.05) is 36.4 Å². The van der Waals surface area contributed by atoms with Crippen molar-refractivity contribution < 1.29 is 19.1 Å². The predicted octanol–water partition coefficient (Wildman–Crippen LogP) is 4.74. The zero-order valence-corrected chi connectivity index (χ0v) is 15.1. The maximum atomic E-state index is 12.1. The van der Waals surface area contributed by atoms with Crippen LogP contribution in [-0.2, 0) is 14.3 Å². The standard InChI is InChI=1S/C21H17NO4S/c23-20(15-25-21(24)13-12-17-9-6-14-27-17)22-18-10-4-5-11-19(18)26-16-7-2-1-3-8-16/h1-14H,15H2,(H,22,23)/b13-12+. The lowest BCUT2D eigenvalue weighted by Gasteiger charge is -2.12. The van der Waals surface area contributed by atoms with Crippen LogP contribution in [0.25, 0.3) is 6.08 Å². The molecule has 27 heavy (non-hydrogen) atoms. The molecule has 0 atom stereocenters. The van der Waals surface area contributed by atoms with Gasteiger partial charge in [0.25, 0.3) is 5.91 Å². The van der Waals surface area contributed by atoms with Crippen LogP contribution >= 0.6 is 11.3 Å². The van der Waals surface area contributed by atoms with Crippen LogP contribution in [0.4, 0.5) is 5.69 Å².